The number of aromatic nitrogens is 2. The van der Waals surface area contributed by atoms with Crippen molar-refractivity contribution in [1.29, 1.82) is 0 Å². The summed E-state index contributed by atoms with van der Waals surface area (Å²) in [7, 11) is 1.59. The second-order valence-corrected chi connectivity index (χ2v) is 6.26. The minimum atomic E-state index is -0.545. The summed E-state index contributed by atoms with van der Waals surface area (Å²) < 4.78 is 14.8. The summed E-state index contributed by atoms with van der Waals surface area (Å²) in [5, 5.41) is 0.192. The van der Waals surface area contributed by atoms with Crippen LogP contribution in [0.15, 0.2) is 29.3 Å². The van der Waals surface area contributed by atoms with Crippen molar-refractivity contribution in [3.05, 3.63) is 40.7 Å². The number of benzene rings is 1. The molecule has 124 valence electrons. The smallest absolute Gasteiger partial charge is 0.261 e. The maximum Gasteiger partial charge on any atom is 0.261 e. The monoisotopic (exact) mass is 330 g/mol. The Hall–Kier alpha value is -2.77. The third kappa shape index (κ3) is 2.10. The van der Waals surface area contributed by atoms with Crippen LogP contribution in [-0.2, 0) is 9.59 Å². The second kappa shape index (κ2) is 5.12. The maximum atomic E-state index is 13.4. The zero-order chi connectivity index (χ0) is 17.0. The number of fused-ring (bicyclic) bond motifs is 2. The van der Waals surface area contributed by atoms with Crippen LogP contribution in [0.3, 0.4) is 0 Å². The van der Waals surface area contributed by atoms with Gasteiger partial charge in [-0.3, -0.25) is 19.0 Å². The number of likely N-dealkylation sites (N-methyl/N-ethyl adjacent to an activating group) is 1. The largest absolute Gasteiger partial charge is 0.335 e. The van der Waals surface area contributed by atoms with Crippen LogP contribution in [0.4, 0.5) is 4.39 Å². The first-order chi connectivity index (χ1) is 11.5. The Bertz CT molecular complexity index is 925. The molecule has 0 unspecified atom stereocenters. The van der Waals surface area contributed by atoms with E-state index in [1.165, 1.54) is 32.8 Å². The molecule has 2 fully saturated rings. The quantitative estimate of drug-likeness (QED) is 0.746. The fraction of sp³-hybridized carbons (Fsp3) is 0.375. The molecule has 2 aromatic rings. The van der Waals surface area contributed by atoms with Gasteiger partial charge in [-0.15, -0.1) is 0 Å². The van der Waals surface area contributed by atoms with E-state index in [4.69, 9.17) is 0 Å². The van der Waals surface area contributed by atoms with Gasteiger partial charge in [0, 0.05) is 13.6 Å². The van der Waals surface area contributed by atoms with Crippen molar-refractivity contribution < 1.29 is 14.0 Å². The third-order valence-electron chi connectivity index (χ3n) is 4.77. The van der Waals surface area contributed by atoms with Gasteiger partial charge in [-0.1, -0.05) is 0 Å². The van der Waals surface area contributed by atoms with Gasteiger partial charge in [0.15, 0.2) is 0 Å². The molecular formula is C16H15FN4O3. The number of rotatable bonds is 1. The van der Waals surface area contributed by atoms with Crippen LogP contribution in [0.2, 0.25) is 0 Å². The molecule has 0 radical (unpaired) electrons. The van der Waals surface area contributed by atoms with Crippen molar-refractivity contribution in [3.8, 4) is 0 Å². The molecule has 1 aromatic heterocycles. The predicted molar refractivity (Wildman–Crippen MR) is 82.8 cm³/mol. The molecule has 2 aliphatic heterocycles. The fourth-order valence-electron chi connectivity index (χ4n) is 3.52. The minimum Gasteiger partial charge on any atom is -0.335 e. The number of nitrogens with zero attached hydrogens (tertiary/aromatic N) is 4. The van der Waals surface area contributed by atoms with Gasteiger partial charge in [-0.05, 0) is 24.6 Å². The van der Waals surface area contributed by atoms with E-state index in [2.05, 4.69) is 4.98 Å². The highest BCUT2D eigenvalue weighted by molar-refractivity contribution is 5.95. The molecular weight excluding hydrogens is 315 g/mol. The number of carbonyl (C=O) groups excluding carboxylic acids is 2. The summed E-state index contributed by atoms with van der Waals surface area (Å²) in [6.45, 7) is 0.337. The van der Waals surface area contributed by atoms with E-state index in [0.717, 1.165) is 6.07 Å². The Balaban J connectivity index is 1.74. The van der Waals surface area contributed by atoms with Crippen LogP contribution in [0.1, 0.15) is 12.5 Å². The van der Waals surface area contributed by atoms with E-state index < -0.39 is 11.9 Å². The van der Waals surface area contributed by atoms with Crippen molar-refractivity contribution in [1.82, 2.24) is 19.4 Å². The summed E-state index contributed by atoms with van der Waals surface area (Å²) >= 11 is 0. The summed E-state index contributed by atoms with van der Waals surface area (Å²) in [4.78, 5) is 44.2. The van der Waals surface area contributed by atoms with Crippen LogP contribution in [0.25, 0.3) is 10.9 Å². The van der Waals surface area contributed by atoms with E-state index in [0.29, 0.717) is 11.9 Å². The Labute approximate surface area is 136 Å². The molecule has 4 rings (SSSR count). The number of piperazine rings is 1. The maximum absolute atomic E-state index is 13.4. The van der Waals surface area contributed by atoms with Crippen LogP contribution < -0.4 is 5.56 Å². The van der Waals surface area contributed by atoms with E-state index >= 15 is 0 Å². The average molecular weight is 330 g/mol. The highest BCUT2D eigenvalue weighted by Crippen LogP contribution is 2.30. The van der Waals surface area contributed by atoms with Crippen molar-refractivity contribution in [2.24, 2.45) is 0 Å². The molecule has 2 aliphatic rings. The minimum absolute atomic E-state index is 0.0537. The van der Waals surface area contributed by atoms with Gasteiger partial charge in [0.1, 0.15) is 11.9 Å². The van der Waals surface area contributed by atoms with Gasteiger partial charge >= 0.3 is 0 Å². The van der Waals surface area contributed by atoms with Gasteiger partial charge in [0.25, 0.3) is 5.56 Å². The lowest BCUT2D eigenvalue weighted by atomic mass is 10.1. The van der Waals surface area contributed by atoms with Crippen LogP contribution in [0, 0.1) is 5.82 Å². The standard InChI is InChI=1S/C16H15FN4O3/c1-19-7-14(22)20-6-10(5-13(20)16(19)24)21-8-18-12-3-2-9(17)4-11(12)15(21)23/h2-4,8,10,13H,5-7H2,1H3/t10-,13-/m0/s1. The molecule has 0 N–H and O–H groups in total. The number of amides is 2. The first-order valence-electron chi connectivity index (χ1n) is 7.66. The number of hydrogen-bond acceptors (Lipinski definition) is 4. The van der Waals surface area contributed by atoms with Crippen LogP contribution >= 0.6 is 0 Å². The average Bonchev–Trinajstić information content (AvgIpc) is 2.99. The lowest BCUT2D eigenvalue weighted by molar-refractivity contribution is -0.152. The van der Waals surface area contributed by atoms with Gasteiger partial charge in [-0.2, -0.15) is 0 Å². The third-order valence-corrected chi connectivity index (χ3v) is 4.77. The van der Waals surface area contributed by atoms with E-state index in [-0.39, 0.29) is 41.9 Å². The lowest BCUT2D eigenvalue weighted by Gasteiger charge is -2.33. The highest BCUT2D eigenvalue weighted by atomic mass is 19.1. The Morgan fingerprint density at radius 2 is 2.04 bits per heavy atom. The molecule has 2 amide bonds. The molecule has 2 saturated heterocycles. The van der Waals surface area contributed by atoms with Gasteiger partial charge in [-0.25, -0.2) is 9.37 Å². The topological polar surface area (TPSA) is 75.5 Å². The Morgan fingerprint density at radius 3 is 2.83 bits per heavy atom. The Kier molecular flexibility index (Phi) is 3.16. The molecule has 24 heavy (non-hydrogen) atoms. The van der Waals surface area contributed by atoms with Gasteiger partial charge in [0.05, 0.1) is 29.8 Å². The predicted octanol–water partition coefficient (Wildman–Crippen LogP) is 0.150. The SMILES string of the molecule is CN1CC(=O)N2C[C@@H](n3cnc4ccc(F)cc4c3=O)C[C@H]2C1=O. The molecule has 3 heterocycles. The van der Waals surface area contributed by atoms with E-state index in [1.807, 2.05) is 0 Å². The summed E-state index contributed by atoms with van der Waals surface area (Å²) in [6, 6.07) is 2.98. The number of carbonyl (C=O) groups is 2. The van der Waals surface area contributed by atoms with E-state index in [1.54, 1.807) is 7.05 Å². The first kappa shape index (κ1) is 14.8. The molecule has 7 nitrogen and oxygen atoms in total. The molecule has 0 bridgehead atoms. The number of halogens is 1. The molecule has 8 heteroatoms. The zero-order valence-electron chi connectivity index (χ0n) is 13.0. The van der Waals surface area contributed by atoms with Crippen LogP contribution in [0.5, 0.6) is 0 Å². The van der Waals surface area contributed by atoms with Crippen molar-refractivity contribution >= 4 is 22.7 Å². The van der Waals surface area contributed by atoms with Crippen molar-refractivity contribution in [3.63, 3.8) is 0 Å². The molecule has 2 atom stereocenters. The molecule has 0 saturated carbocycles. The highest BCUT2D eigenvalue weighted by Gasteiger charge is 2.45. The molecule has 1 aromatic carbocycles. The normalized spacial score (nSPS) is 23.9. The van der Waals surface area contributed by atoms with E-state index in [9.17, 15) is 18.8 Å². The van der Waals surface area contributed by atoms with Gasteiger partial charge in [0.2, 0.25) is 11.8 Å². The number of hydrogen-bond donors (Lipinski definition) is 0. The zero-order valence-corrected chi connectivity index (χ0v) is 13.0. The fourth-order valence-corrected chi connectivity index (χ4v) is 3.52. The molecule has 0 aliphatic carbocycles. The van der Waals surface area contributed by atoms with Gasteiger partial charge < -0.3 is 9.80 Å². The summed E-state index contributed by atoms with van der Waals surface area (Å²) in [6.07, 6.45) is 1.77. The van der Waals surface area contributed by atoms with Crippen LogP contribution in [-0.4, -0.2) is 57.3 Å². The Morgan fingerprint density at radius 1 is 1.25 bits per heavy atom. The second-order valence-electron chi connectivity index (χ2n) is 6.26. The van der Waals surface area contributed by atoms with Crippen molar-refractivity contribution in [2.45, 2.75) is 18.5 Å². The lowest BCUT2D eigenvalue weighted by Crippen LogP contribution is -2.55. The molecule has 0 spiro atoms. The summed E-state index contributed by atoms with van der Waals surface area (Å²) in [5.74, 6) is -0.752. The first-order valence-corrected chi connectivity index (χ1v) is 7.66. The van der Waals surface area contributed by atoms with Crippen molar-refractivity contribution in [2.75, 3.05) is 20.1 Å². The summed E-state index contributed by atoms with van der Waals surface area (Å²) in [5.41, 5.74) is 0.0536.